The maximum absolute atomic E-state index is 11.6. The minimum atomic E-state index is -0.00252. The molecule has 29 heavy (non-hydrogen) atoms. The zero-order valence-electron chi connectivity index (χ0n) is 20.5. The van der Waals surface area contributed by atoms with Crippen molar-refractivity contribution in [3.8, 4) is 0 Å². The van der Waals surface area contributed by atoms with E-state index < -0.39 is 0 Å². The number of carbonyl (C=O) groups excluding carboxylic acids is 1. The van der Waals surface area contributed by atoms with Crippen LogP contribution in [0.5, 0.6) is 0 Å². The van der Waals surface area contributed by atoms with Crippen LogP contribution in [0.15, 0.2) is 0 Å². The minimum absolute atomic E-state index is 0.00252. The molecule has 0 radical (unpaired) electrons. The van der Waals surface area contributed by atoms with Crippen LogP contribution in [0.3, 0.4) is 0 Å². The summed E-state index contributed by atoms with van der Waals surface area (Å²) in [7, 11) is 0. The van der Waals surface area contributed by atoms with Gasteiger partial charge in [-0.15, -0.1) is 0 Å². The molecule has 0 aromatic carbocycles. The number of ether oxygens (including phenoxy) is 1. The molecule has 0 heterocycles. The summed E-state index contributed by atoms with van der Waals surface area (Å²) in [6, 6.07) is 0. The first-order valence-electron chi connectivity index (χ1n) is 13.4. The molecule has 2 heteroatoms. The van der Waals surface area contributed by atoms with Crippen LogP contribution in [-0.4, -0.2) is 12.6 Å². The quantitative estimate of drug-likeness (QED) is 0.124. The number of unbranched alkanes of at least 4 members (excludes halogenated alkanes) is 18. The molecular formula is C27H54O2. The van der Waals surface area contributed by atoms with Crippen molar-refractivity contribution in [3.05, 3.63) is 0 Å². The van der Waals surface area contributed by atoms with E-state index in [-0.39, 0.29) is 5.97 Å². The fraction of sp³-hybridized carbons (Fsp3) is 0.963. The van der Waals surface area contributed by atoms with Crippen LogP contribution in [0.1, 0.15) is 156 Å². The molecule has 1 atom stereocenters. The first-order valence-corrected chi connectivity index (χ1v) is 13.4. The number of rotatable bonds is 23. The molecule has 0 amide bonds. The molecule has 2 nitrogen and oxygen atoms in total. The molecule has 0 aliphatic carbocycles. The fourth-order valence-corrected chi connectivity index (χ4v) is 3.77. The number of hydrogen-bond donors (Lipinski definition) is 0. The Morgan fingerprint density at radius 2 is 0.931 bits per heavy atom. The Balaban J connectivity index is 3.11. The van der Waals surface area contributed by atoms with Gasteiger partial charge >= 0.3 is 5.97 Å². The van der Waals surface area contributed by atoms with Crippen LogP contribution >= 0.6 is 0 Å². The lowest BCUT2D eigenvalue weighted by Gasteiger charge is -2.09. The maximum Gasteiger partial charge on any atom is 0.305 e. The van der Waals surface area contributed by atoms with Crippen LogP contribution in [0.25, 0.3) is 0 Å². The second-order valence-corrected chi connectivity index (χ2v) is 9.31. The van der Waals surface area contributed by atoms with E-state index in [1.54, 1.807) is 0 Å². The average Bonchev–Trinajstić information content (AvgIpc) is 2.73. The Hall–Kier alpha value is -0.530. The predicted octanol–water partition coefficient (Wildman–Crippen LogP) is 9.40. The van der Waals surface area contributed by atoms with Crippen molar-refractivity contribution in [2.45, 2.75) is 156 Å². The standard InChI is InChI=1S/C27H54O2/c1-4-6-7-8-9-10-11-12-13-14-15-16-17-18-19-20-21-22-23-24-27(28)29-25-26(3)5-2/h26H,4-25H2,1-3H3. The van der Waals surface area contributed by atoms with E-state index in [1.807, 2.05) is 0 Å². The molecule has 0 spiro atoms. The third-order valence-electron chi connectivity index (χ3n) is 6.21. The lowest BCUT2D eigenvalue weighted by atomic mass is 10.0. The van der Waals surface area contributed by atoms with Gasteiger partial charge in [-0.3, -0.25) is 4.79 Å². The number of esters is 1. The molecule has 0 rings (SSSR count). The van der Waals surface area contributed by atoms with E-state index in [0.717, 1.165) is 12.8 Å². The summed E-state index contributed by atoms with van der Waals surface area (Å²) >= 11 is 0. The van der Waals surface area contributed by atoms with Gasteiger partial charge in [0.1, 0.15) is 0 Å². The second kappa shape index (κ2) is 23.7. The van der Waals surface area contributed by atoms with Crippen molar-refractivity contribution < 1.29 is 9.53 Å². The van der Waals surface area contributed by atoms with Crippen molar-refractivity contribution in [2.75, 3.05) is 6.61 Å². The average molecular weight is 411 g/mol. The number of carbonyl (C=O) groups is 1. The van der Waals surface area contributed by atoms with Gasteiger partial charge in [0, 0.05) is 6.42 Å². The van der Waals surface area contributed by atoms with Gasteiger partial charge in [0.25, 0.3) is 0 Å². The molecule has 174 valence electrons. The molecule has 0 N–H and O–H groups in total. The van der Waals surface area contributed by atoms with Crippen molar-refractivity contribution >= 4 is 5.97 Å². The lowest BCUT2D eigenvalue weighted by Crippen LogP contribution is -2.11. The largest absolute Gasteiger partial charge is 0.465 e. The van der Waals surface area contributed by atoms with E-state index in [4.69, 9.17) is 4.74 Å². The summed E-state index contributed by atoms with van der Waals surface area (Å²) in [6.45, 7) is 7.15. The Morgan fingerprint density at radius 3 is 1.28 bits per heavy atom. The van der Waals surface area contributed by atoms with E-state index in [2.05, 4.69) is 20.8 Å². The van der Waals surface area contributed by atoms with Crippen molar-refractivity contribution in [1.29, 1.82) is 0 Å². The highest BCUT2D eigenvalue weighted by Gasteiger charge is 2.05. The van der Waals surface area contributed by atoms with Crippen LogP contribution in [0.2, 0.25) is 0 Å². The third-order valence-corrected chi connectivity index (χ3v) is 6.21. The summed E-state index contributed by atoms with van der Waals surface area (Å²) in [6.07, 6.45) is 27.9. The third kappa shape index (κ3) is 23.6. The molecule has 0 aliphatic rings. The SMILES string of the molecule is CCCCCCCCCCCCCCCCCCCCCC(=O)OCC(C)CC. The van der Waals surface area contributed by atoms with Crippen molar-refractivity contribution in [2.24, 2.45) is 5.92 Å². The Kier molecular flexibility index (Phi) is 23.3. The van der Waals surface area contributed by atoms with Gasteiger partial charge in [-0.05, 0) is 12.3 Å². The Labute approximate surface area is 184 Å². The lowest BCUT2D eigenvalue weighted by molar-refractivity contribution is -0.145. The van der Waals surface area contributed by atoms with Crippen molar-refractivity contribution in [1.82, 2.24) is 0 Å². The van der Waals surface area contributed by atoms with Gasteiger partial charge in [0.05, 0.1) is 6.61 Å². The predicted molar refractivity (Wildman–Crippen MR) is 128 cm³/mol. The van der Waals surface area contributed by atoms with E-state index >= 15 is 0 Å². The van der Waals surface area contributed by atoms with Gasteiger partial charge in [-0.2, -0.15) is 0 Å². The highest BCUT2D eigenvalue weighted by atomic mass is 16.5. The van der Waals surface area contributed by atoms with Crippen LogP contribution in [0, 0.1) is 5.92 Å². The Morgan fingerprint density at radius 1 is 0.586 bits per heavy atom. The van der Waals surface area contributed by atoms with Gasteiger partial charge in [0.15, 0.2) is 0 Å². The second-order valence-electron chi connectivity index (χ2n) is 9.31. The number of hydrogen-bond acceptors (Lipinski definition) is 2. The normalized spacial score (nSPS) is 12.2. The van der Waals surface area contributed by atoms with Gasteiger partial charge in [0.2, 0.25) is 0 Å². The maximum atomic E-state index is 11.6. The van der Waals surface area contributed by atoms with Gasteiger partial charge < -0.3 is 4.74 Å². The van der Waals surface area contributed by atoms with E-state index in [1.165, 1.54) is 116 Å². The molecule has 0 aliphatic heterocycles. The summed E-state index contributed by atoms with van der Waals surface area (Å²) in [5.41, 5.74) is 0. The summed E-state index contributed by atoms with van der Waals surface area (Å²) in [5.74, 6) is 0.487. The molecule has 0 saturated heterocycles. The smallest absolute Gasteiger partial charge is 0.305 e. The molecule has 0 fully saturated rings. The van der Waals surface area contributed by atoms with Crippen molar-refractivity contribution in [3.63, 3.8) is 0 Å². The van der Waals surface area contributed by atoms with Crippen LogP contribution in [-0.2, 0) is 9.53 Å². The molecule has 0 bridgehead atoms. The summed E-state index contributed by atoms with van der Waals surface area (Å²) in [4.78, 5) is 11.6. The molecule has 0 aromatic rings. The zero-order chi connectivity index (χ0) is 21.4. The summed E-state index contributed by atoms with van der Waals surface area (Å²) in [5, 5.41) is 0. The van der Waals surface area contributed by atoms with Gasteiger partial charge in [-0.1, -0.05) is 143 Å². The molecule has 0 aromatic heterocycles. The van der Waals surface area contributed by atoms with Crippen LogP contribution in [0.4, 0.5) is 0 Å². The first kappa shape index (κ1) is 28.5. The van der Waals surface area contributed by atoms with E-state index in [0.29, 0.717) is 18.9 Å². The molecule has 1 unspecified atom stereocenters. The van der Waals surface area contributed by atoms with E-state index in [9.17, 15) is 4.79 Å². The topological polar surface area (TPSA) is 26.3 Å². The summed E-state index contributed by atoms with van der Waals surface area (Å²) < 4.78 is 5.29. The highest BCUT2D eigenvalue weighted by Crippen LogP contribution is 2.15. The Bertz CT molecular complexity index is 326. The van der Waals surface area contributed by atoms with Crippen LogP contribution < -0.4 is 0 Å². The zero-order valence-corrected chi connectivity index (χ0v) is 20.5. The first-order chi connectivity index (χ1) is 14.2. The van der Waals surface area contributed by atoms with Gasteiger partial charge in [-0.25, -0.2) is 0 Å². The fourth-order valence-electron chi connectivity index (χ4n) is 3.77. The molecule has 0 saturated carbocycles. The minimum Gasteiger partial charge on any atom is -0.465 e. The monoisotopic (exact) mass is 410 g/mol. The molecular weight excluding hydrogens is 356 g/mol. The highest BCUT2D eigenvalue weighted by molar-refractivity contribution is 5.69.